The number of esters is 2. The summed E-state index contributed by atoms with van der Waals surface area (Å²) in [6.45, 7) is 3.84. The number of aryl methyl sites for hydroxylation is 1. The van der Waals surface area contributed by atoms with Crippen molar-refractivity contribution in [3.63, 3.8) is 0 Å². The molecule has 0 fully saturated rings. The number of carbonyl (C=O) groups excluding carboxylic acids is 2. The molecule has 0 unspecified atom stereocenters. The first-order valence-corrected chi connectivity index (χ1v) is 5.71. The molecule has 1 rings (SSSR count). The second kappa shape index (κ2) is 6.09. The van der Waals surface area contributed by atoms with Crippen molar-refractivity contribution < 1.29 is 24.2 Å². The maximum atomic E-state index is 11.7. The van der Waals surface area contributed by atoms with Crippen LogP contribution in [0.2, 0.25) is 0 Å². The third-order valence-corrected chi connectivity index (χ3v) is 2.38. The smallest absolute Gasteiger partial charge is 0.343 e. The Bertz CT molecular complexity index is 450. The molecule has 0 aliphatic rings. The molecule has 0 aliphatic carbocycles. The van der Waals surface area contributed by atoms with E-state index in [4.69, 9.17) is 9.47 Å². The van der Waals surface area contributed by atoms with Crippen LogP contribution in [0.3, 0.4) is 0 Å². The van der Waals surface area contributed by atoms with Gasteiger partial charge < -0.3 is 19.1 Å². The van der Waals surface area contributed by atoms with Gasteiger partial charge in [0.1, 0.15) is 11.3 Å². The summed E-state index contributed by atoms with van der Waals surface area (Å²) >= 11 is 0. The van der Waals surface area contributed by atoms with Crippen LogP contribution in [0.15, 0.2) is 6.20 Å². The second-order valence-corrected chi connectivity index (χ2v) is 3.65. The van der Waals surface area contributed by atoms with E-state index in [1.807, 2.05) is 0 Å². The van der Waals surface area contributed by atoms with Crippen molar-refractivity contribution >= 4 is 11.9 Å². The molecule has 1 aromatic rings. The maximum absolute atomic E-state index is 11.7. The molecular formula is C12H17NO5. The number of hydrogen-bond acceptors (Lipinski definition) is 5. The topological polar surface area (TPSA) is 77.8 Å². The normalized spacial score (nSPS) is 10.2. The molecule has 0 bridgehead atoms. The first kappa shape index (κ1) is 14.1. The van der Waals surface area contributed by atoms with Crippen LogP contribution < -0.4 is 0 Å². The van der Waals surface area contributed by atoms with E-state index >= 15 is 0 Å². The molecule has 0 radical (unpaired) electrons. The van der Waals surface area contributed by atoms with E-state index in [2.05, 4.69) is 0 Å². The van der Waals surface area contributed by atoms with E-state index in [-0.39, 0.29) is 30.9 Å². The summed E-state index contributed by atoms with van der Waals surface area (Å²) in [4.78, 5) is 23.1. The average molecular weight is 255 g/mol. The summed E-state index contributed by atoms with van der Waals surface area (Å²) in [6, 6.07) is 0. The van der Waals surface area contributed by atoms with Crippen molar-refractivity contribution in [1.29, 1.82) is 0 Å². The van der Waals surface area contributed by atoms with E-state index in [0.29, 0.717) is 5.69 Å². The highest BCUT2D eigenvalue weighted by Gasteiger charge is 2.23. The van der Waals surface area contributed by atoms with Gasteiger partial charge in [0.05, 0.1) is 19.6 Å². The average Bonchev–Trinajstić information content (AvgIpc) is 2.54. The van der Waals surface area contributed by atoms with Gasteiger partial charge in [-0.3, -0.25) is 4.79 Å². The quantitative estimate of drug-likeness (QED) is 0.794. The van der Waals surface area contributed by atoms with Crippen molar-refractivity contribution in [3.8, 4) is 5.75 Å². The van der Waals surface area contributed by atoms with E-state index < -0.39 is 11.9 Å². The minimum atomic E-state index is -0.644. The van der Waals surface area contributed by atoms with Gasteiger partial charge in [0.15, 0.2) is 0 Å². The summed E-state index contributed by atoms with van der Waals surface area (Å²) < 4.78 is 11.2. The largest absolute Gasteiger partial charge is 0.505 e. The molecule has 0 amide bonds. The third-order valence-electron chi connectivity index (χ3n) is 2.38. The Morgan fingerprint density at radius 2 is 1.89 bits per heavy atom. The Morgan fingerprint density at radius 3 is 2.44 bits per heavy atom. The van der Waals surface area contributed by atoms with Gasteiger partial charge >= 0.3 is 11.9 Å². The summed E-state index contributed by atoms with van der Waals surface area (Å²) in [7, 11) is 1.64. The van der Waals surface area contributed by atoms with Crippen molar-refractivity contribution in [1.82, 2.24) is 4.57 Å². The maximum Gasteiger partial charge on any atom is 0.343 e. The van der Waals surface area contributed by atoms with Crippen LogP contribution in [-0.2, 0) is 27.7 Å². The highest BCUT2D eigenvalue weighted by molar-refractivity contribution is 5.95. The summed E-state index contributed by atoms with van der Waals surface area (Å²) in [6.07, 6.45) is 1.28. The number of aromatic nitrogens is 1. The molecule has 6 heteroatoms. The Labute approximate surface area is 105 Å². The number of carbonyl (C=O) groups is 2. The standard InChI is InChI=1S/C12H17NO5/c1-4-17-10(15)6-8-11(12(16)18-5-2)9(14)7-13(8)3/h7,14H,4-6H2,1-3H3. The molecule has 0 spiro atoms. The van der Waals surface area contributed by atoms with Crippen molar-refractivity contribution in [2.75, 3.05) is 13.2 Å². The predicted octanol–water partition coefficient (Wildman–Crippen LogP) is 1.01. The van der Waals surface area contributed by atoms with E-state index in [0.717, 1.165) is 0 Å². The van der Waals surface area contributed by atoms with Crippen LogP contribution in [0, 0.1) is 0 Å². The summed E-state index contributed by atoms with van der Waals surface area (Å²) in [5.41, 5.74) is 0.400. The van der Waals surface area contributed by atoms with Gasteiger partial charge in [-0.1, -0.05) is 0 Å². The van der Waals surface area contributed by atoms with Crippen LogP contribution >= 0.6 is 0 Å². The lowest BCUT2D eigenvalue weighted by molar-refractivity contribution is -0.142. The van der Waals surface area contributed by atoms with Crippen LogP contribution in [0.25, 0.3) is 0 Å². The van der Waals surface area contributed by atoms with Crippen molar-refractivity contribution in [3.05, 3.63) is 17.5 Å². The molecule has 0 saturated carbocycles. The fourth-order valence-corrected chi connectivity index (χ4v) is 1.64. The second-order valence-electron chi connectivity index (χ2n) is 3.65. The van der Waals surface area contributed by atoms with Gasteiger partial charge in [-0.15, -0.1) is 0 Å². The molecule has 1 heterocycles. The molecule has 0 saturated heterocycles. The highest BCUT2D eigenvalue weighted by Crippen LogP contribution is 2.24. The Kier molecular flexibility index (Phi) is 4.76. The van der Waals surface area contributed by atoms with Crippen LogP contribution in [0.1, 0.15) is 29.9 Å². The summed E-state index contributed by atoms with van der Waals surface area (Å²) in [5.74, 6) is -1.30. The molecule has 6 nitrogen and oxygen atoms in total. The molecule has 18 heavy (non-hydrogen) atoms. The molecular weight excluding hydrogens is 238 g/mol. The van der Waals surface area contributed by atoms with E-state index in [1.54, 1.807) is 20.9 Å². The Hall–Kier alpha value is -1.98. The van der Waals surface area contributed by atoms with E-state index in [1.165, 1.54) is 10.8 Å². The number of ether oxygens (including phenoxy) is 2. The zero-order valence-electron chi connectivity index (χ0n) is 10.7. The SMILES string of the molecule is CCOC(=O)Cc1c(C(=O)OCC)c(O)cn1C. The summed E-state index contributed by atoms with van der Waals surface area (Å²) in [5, 5.41) is 9.68. The van der Waals surface area contributed by atoms with Gasteiger partial charge in [0, 0.05) is 18.9 Å². The van der Waals surface area contributed by atoms with Crippen LogP contribution in [-0.4, -0.2) is 34.8 Å². The van der Waals surface area contributed by atoms with E-state index in [9.17, 15) is 14.7 Å². The minimum absolute atomic E-state index is 0.0207. The molecule has 100 valence electrons. The molecule has 1 aromatic heterocycles. The fourth-order valence-electron chi connectivity index (χ4n) is 1.64. The lowest BCUT2D eigenvalue weighted by Gasteiger charge is -2.07. The molecule has 0 aromatic carbocycles. The van der Waals surface area contributed by atoms with Crippen LogP contribution in [0.4, 0.5) is 0 Å². The molecule has 1 N–H and O–H groups in total. The predicted molar refractivity (Wildman–Crippen MR) is 63.4 cm³/mol. The zero-order chi connectivity index (χ0) is 13.7. The van der Waals surface area contributed by atoms with Crippen molar-refractivity contribution in [2.24, 2.45) is 7.05 Å². The monoisotopic (exact) mass is 255 g/mol. The Morgan fingerprint density at radius 1 is 1.28 bits per heavy atom. The lowest BCUT2D eigenvalue weighted by Crippen LogP contribution is -2.14. The van der Waals surface area contributed by atoms with Crippen molar-refractivity contribution in [2.45, 2.75) is 20.3 Å². The minimum Gasteiger partial charge on any atom is -0.505 e. The van der Waals surface area contributed by atoms with Gasteiger partial charge in [0.2, 0.25) is 0 Å². The van der Waals surface area contributed by atoms with Crippen LogP contribution in [0.5, 0.6) is 5.75 Å². The van der Waals surface area contributed by atoms with Gasteiger partial charge in [-0.25, -0.2) is 4.79 Å². The molecule has 0 atom stereocenters. The van der Waals surface area contributed by atoms with Gasteiger partial charge in [0.25, 0.3) is 0 Å². The highest BCUT2D eigenvalue weighted by atomic mass is 16.5. The fraction of sp³-hybridized carbons (Fsp3) is 0.500. The zero-order valence-corrected chi connectivity index (χ0v) is 10.7. The number of aromatic hydroxyl groups is 1. The third kappa shape index (κ3) is 3.03. The Balaban J connectivity index is 3.02. The molecule has 0 aliphatic heterocycles. The number of nitrogens with zero attached hydrogens (tertiary/aromatic N) is 1. The number of hydrogen-bond donors (Lipinski definition) is 1. The van der Waals surface area contributed by atoms with Gasteiger partial charge in [-0.2, -0.15) is 0 Å². The lowest BCUT2D eigenvalue weighted by atomic mass is 10.2. The number of rotatable bonds is 5. The first-order valence-electron chi connectivity index (χ1n) is 5.71. The first-order chi connectivity index (χ1) is 8.51. The van der Waals surface area contributed by atoms with Gasteiger partial charge in [-0.05, 0) is 13.8 Å².